The minimum absolute atomic E-state index is 0.128. The number of carbonyl (C=O) groups excluding carboxylic acids is 2. The van der Waals surface area contributed by atoms with Gasteiger partial charge in [0.25, 0.3) is 0 Å². The van der Waals surface area contributed by atoms with Crippen molar-refractivity contribution in [2.45, 2.75) is 51.0 Å². The lowest BCUT2D eigenvalue weighted by Crippen LogP contribution is -2.35. The van der Waals surface area contributed by atoms with Crippen LogP contribution in [-0.2, 0) is 22.6 Å². The van der Waals surface area contributed by atoms with Crippen molar-refractivity contribution in [2.75, 3.05) is 12.3 Å². The van der Waals surface area contributed by atoms with Crippen LogP contribution in [0.5, 0.6) is 0 Å². The van der Waals surface area contributed by atoms with E-state index in [4.69, 9.17) is 4.74 Å². The maximum Gasteiger partial charge on any atom is 0.407 e. The number of nitrogens with zero attached hydrogens (tertiary/aromatic N) is 2. The summed E-state index contributed by atoms with van der Waals surface area (Å²) in [5.74, 6) is 0.933. The highest BCUT2D eigenvalue weighted by atomic mass is 32.2. The van der Waals surface area contributed by atoms with E-state index >= 15 is 0 Å². The standard InChI is InChI=1S/C14H22N4O3S/c1-14(2,3)21-13(20)15-5-4-11(19)16-8-10-9-18-6-7-22-12(18)17-10/h9H,4-8H2,1-3H3,(H,15,20)(H,16,19). The van der Waals surface area contributed by atoms with Crippen molar-refractivity contribution in [3.63, 3.8) is 0 Å². The number of imidazole rings is 1. The van der Waals surface area contributed by atoms with Crippen LogP contribution in [0.25, 0.3) is 0 Å². The summed E-state index contributed by atoms with van der Waals surface area (Å²) in [5, 5.41) is 6.36. The van der Waals surface area contributed by atoms with Crippen LogP contribution in [0, 0.1) is 0 Å². The van der Waals surface area contributed by atoms with Gasteiger partial charge in [-0.3, -0.25) is 4.79 Å². The van der Waals surface area contributed by atoms with E-state index < -0.39 is 11.7 Å². The van der Waals surface area contributed by atoms with Crippen molar-refractivity contribution < 1.29 is 14.3 Å². The lowest BCUT2D eigenvalue weighted by Gasteiger charge is -2.19. The first-order chi connectivity index (χ1) is 10.3. The number of thioether (sulfide) groups is 1. The molecule has 22 heavy (non-hydrogen) atoms. The molecule has 0 radical (unpaired) electrons. The Labute approximate surface area is 134 Å². The fraction of sp³-hybridized carbons (Fsp3) is 0.643. The molecule has 0 saturated carbocycles. The van der Waals surface area contributed by atoms with Crippen molar-refractivity contribution >= 4 is 23.8 Å². The molecule has 1 aromatic rings. The fourth-order valence-electron chi connectivity index (χ4n) is 1.92. The number of hydrogen-bond acceptors (Lipinski definition) is 5. The summed E-state index contributed by atoms with van der Waals surface area (Å²) in [7, 11) is 0. The Bertz CT molecular complexity index is 529. The van der Waals surface area contributed by atoms with Crippen molar-refractivity contribution in [3.05, 3.63) is 11.9 Å². The zero-order valence-electron chi connectivity index (χ0n) is 13.1. The molecule has 0 atom stereocenters. The van der Waals surface area contributed by atoms with Gasteiger partial charge >= 0.3 is 6.09 Å². The summed E-state index contributed by atoms with van der Waals surface area (Å²) in [4.78, 5) is 27.6. The van der Waals surface area contributed by atoms with Gasteiger partial charge in [-0.15, -0.1) is 0 Å². The Kier molecular flexibility index (Phi) is 5.33. The van der Waals surface area contributed by atoms with Crippen molar-refractivity contribution in [3.8, 4) is 0 Å². The third kappa shape index (κ3) is 5.25. The summed E-state index contributed by atoms with van der Waals surface area (Å²) in [6.07, 6.45) is 1.67. The molecule has 1 aromatic heterocycles. The van der Waals surface area contributed by atoms with Gasteiger partial charge in [0.1, 0.15) is 5.60 Å². The number of ether oxygens (including phenoxy) is 1. The summed E-state index contributed by atoms with van der Waals surface area (Å²) in [6.45, 7) is 7.00. The fourth-order valence-corrected chi connectivity index (χ4v) is 2.88. The molecular formula is C14H22N4O3S. The first-order valence-electron chi connectivity index (χ1n) is 7.26. The second-order valence-corrected chi connectivity index (χ2v) is 7.07. The van der Waals surface area contributed by atoms with Crippen LogP contribution in [0.2, 0.25) is 0 Å². The Hall–Kier alpha value is -1.70. The van der Waals surface area contributed by atoms with Crippen molar-refractivity contribution in [1.29, 1.82) is 0 Å². The van der Waals surface area contributed by atoms with E-state index in [9.17, 15) is 9.59 Å². The van der Waals surface area contributed by atoms with E-state index in [1.165, 1.54) is 0 Å². The van der Waals surface area contributed by atoms with Crippen LogP contribution in [0.4, 0.5) is 4.79 Å². The minimum Gasteiger partial charge on any atom is -0.444 e. The molecule has 2 rings (SSSR count). The van der Waals surface area contributed by atoms with Gasteiger partial charge in [-0.25, -0.2) is 9.78 Å². The second kappa shape index (κ2) is 7.04. The summed E-state index contributed by atoms with van der Waals surface area (Å²) in [6, 6.07) is 0. The van der Waals surface area contributed by atoms with Crippen LogP contribution in [-0.4, -0.2) is 39.5 Å². The zero-order chi connectivity index (χ0) is 16.2. The van der Waals surface area contributed by atoms with E-state index in [1.54, 1.807) is 32.5 Å². The van der Waals surface area contributed by atoms with Crippen LogP contribution >= 0.6 is 11.8 Å². The normalized spacial score (nSPS) is 13.6. The van der Waals surface area contributed by atoms with Gasteiger partial charge in [-0.2, -0.15) is 0 Å². The van der Waals surface area contributed by atoms with Gasteiger partial charge in [0, 0.05) is 31.5 Å². The van der Waals surface area contributed by atoms with E-state index in [0.29, 0.717) is 6.54 Å². The monoisotopic (exact) mass is 326 g/mol. The predicted molar refractivity (Wildman–Crippen MR) is 83.7 cm³/mol. The number of carbonyl (C=O) groups is 2. The lowest BCUT2D eigenvalue weighted by atomic mass is 10.2. The van der Waals surface area contributed by atoms with Crippen molar-refractivity contribution in [2.24, 2.45) is 0 Å². The van der Waals surface area contributed by atoms with E-state index in [1.807, 2.05) is 6.20 Å². The molecule has 0 unspecified atom stereocenters. The molecule has 2 amide bonds. The van der Waals surface area contributed by atoms with Gasteiger partial charge in [0.15, 0.2) is 5.16 Å². The van der Waals surface area contributed by atoms with Crippen LogP contribution in [0.15, 0.2) is 11.4 Å². The van der Waals surface area contributed by atoms with Gasteiger partial charge in [0.2, 0.25) is 5.91 Å². The highest BCUT2D eigenvalue weighted by Gasteiger charge is 2.16. The molecule has 2 N–H and O–H groups in total. The van der Waals surface area contributed by atoms with Gasteiger partial charge in [-0.05, 0) is 20.8 Å². The topological polar surface area (TPSA) is 85.2 Å². The number of aromatic nitrogens is 2. The SMILES string of the molecule is CC(C)(C)OC(=O)NCCC(=O)NCc1cn2c(n1)SCC2. The van der Waals surface area contributed by atoms with E-state index in [-0.39, 0.29) is 18.9 Å². The Morgan fingerprint density at radius 3 is 2.86 bits per heavy atom. The van der Waals surface area contributed by atoms with Crippen LogP contribution < -0.4 is 10.6 Å². The molecule has 0 aromatic carbocycles. The zero-order valence-corrected chi connectivity index (χ0v) is 14.0. The van der Waals surface area contributed by atoms with Crippen molar-refractivity contribution in [1.82, 2.24) is 20.2 Å². The molecule has 1 aliphatic heterocycles. The third-order valence-electron chi connectivity index (χ3n) is 2.84. The van der Waals surface area contributed by atoms with Gasteiger partial charge < -0.3 is 19.9 Å². The quantitative estimate of drug-likeness (QED) is 0.857. The third-order valence-corrected chi connectivity index (χ3v) is 3.81. The number of rotatable bonds is 5. The molecule has 8 heteroatoms. The minimum atomic E-state index is -0.536. The smallest absolute Gasteiger partial charge is 0.407 e. The summed E-state index contributed by atoms with van der Waals surface area (Å²) < 4.78 is 7.18. The van der Waals surface area contributed by atoms with E-state index in [2.05, 4.69) is 20.2 Å². The summed E-state index contributed by atoms with van der Waals surface area (Å²) in [5.41, 5.74) is 0.321. The molecule has 0 saturated heterocycles. The average Bonchev–Trinajstić information content (AvgIpc) is 2.94. The van der Waals surface area contributed by atoms with Crippen LogP contribution in [0.3, 0.4) is 0 Å². The lowest BCUT2D eigenvalue weighted by molar-refractivity contribution is -0.121. The number of aryl methyl sites for hydroxylation is 1. The maximum atomic E-state index is 11.7. The Morgan fingerprint density at radius 1 is 1.41 bits per heavy atom. The highest BCUT2D eigenvalue weighted by molar-refractivity contribution is 7.99. The van der Waals surface area contributed by atoms with Gasteiger partial charge in [0.05, 0.1) is 12.2 Å². The summed E-state index contributed by atoms with van der Waals surface area (Å²) >= 11 is 1.72. The molecule has 1 aliphatic rings. The number of alkyl carbamates (subject to hydrolysis) is 1. The molecule has 0 spiro atoms. The molecule has 2 heterocycles. The average molecular weight is 326 g/mol. The molecule has 122 valence electrons. The molecule has 0 aliphatic carbocycles. The molecule has 7 nitrogen and oxygen atoms in total. The number of hydrogen-bond donors (Lipinski definition) is 2. The Balaban J connectivity index is 1.62. The molecular weight excluding hydrogens is 304 g/mol. The molecule has 0 fully saturated rings. The number of fused-ring (bicyclic) bond motifs is 1. The largest absolute Gasteiger partial charge is 0.444 e. The number of amides is 2. The predicted octanol–water partition coefficient (Wildman–Crippen LogP) is 1.52. The Morgan fingerprint density at radius 2 is 2.18 bits per heavy atom. The highest BCUT2D eigenvalue weighted by Crippen LogP contribution is 2.24. The van der Waals surface area contributed by atoms with Gasteiger partial charge in [-0.1, -0.05) is 11.8 Å². The maximum absolute atomic E-state index is 11.7. The second-order valence-electron chi connectivity index (χ2n) is 6.01. The first-order valence-corrected chi connectivity index (χ1v) is 8.24. The van der Waals surface area contributed by atoms with E-state index in [0.717, 1.165) is 23.1 Å². The molecule has 0 bridgehead atoms. The van der Waals surface area contributed by atoms with Crippen LogP contribution in [0.1, 0.15) is 32.9 Å². The first kappa shape index (κ1) is 16.7. The number of nitrogens with one attached hydrogen (secondary N) is 2.